The van der Waals surface area contributed by atoms with E-state index in [2.05, 4.69) is 31.3 Å². The van der Waals surface area contributed by atoms with E-state index in [0.717, 1.165) is 11.1 Å². The van der Waals surface area contributed by atoms with E-state index >= 15 is 0 Å². The molecule has 1 atom stereocenters. The first kappa shape index (κ1) is 16.8. The van der Waals surface area contributed by atoms with Gasteiger partial charge in [0.2, 0.25) is 5.91 Å². The van der Waals surface area contributed by atoms with Gasteiger partial charge in [0.1, 0.15) is 6.04 Å². The van der Waals surface area contributed by atoms with Gasteiger partial charge in [0.05, 0.1) is 6.20 Å². The van der Waals surface area contributed by atoms with Gasteiger partial charge in [0.15, 0.2) is 5.82 Å². The Bertz CT molecular complexity index is 868. The molecule has 2 heterocycles. The molecule has 2 aromatic heterocycles. The minimum absolute atomic E-state index is 0.164. The van der Waals surface area contributed by atoms with Crippen molar-refractivity contribution in [3.05, 3.63) is 42.2 Å². The summed E-state index contributed by atoms with van der Waals surface area (Å²) in [6.45, 7) is 2.64. The van der Waals surface area contributed by atoms with E-state index in [4.69, 9.17) is 0 Å². The lowest BCUT2D eigenvalue weighted by atomic mass is 10.1. The maximum atomic E-state index is 12.6. The van der Waals surface area contributed by atoms with Gasteiger partial charge >= 0.3 is 0 Å². The van der Waals surface area contributed by atoms with Gasteiger partial charge in [-0.05, 0) is 36.5 Å². The molecule has 1 aromatic carbocycles. The topological polar surface area (TPSA) is 103 Å². The molecule has 9 nitrogen and oxygen atoms in total. The standard InChI is InChI=1S/C16H20N8O/c1-4-24-15(20-21-22-24)11-6-5-7-13(8-11)19-16(25)14(17-2)12-9-18-23(3)10-12/h5-10,14,17H,4H2,1-3H3,(H,19,25). The minimum atomic E-state index is -0.488. The molecule has 0 fully saturated rings. The van der Waals surface area contributed by atoms with Crippen molar-refractivity contribution in [2.75, 3.05) is 12.4 Å². The van der Waals surface area contributed by atoms with Crippen LogP contribution in [0.2, 0.25) is 0 Å². The van der Waals surface area contributed by atoms with Crippen molar-refractivity contribution >= 4 is 11.6 Å². The van der Waals surface area contributed by atoms with Crippen LogP contribution in [0.25, 0.3) is 11.4 Å². The number of hydrogen-bond acceptors (Lipinski definition) is 6. The summed E-state index contributed by atoms with van der Waals surface area (Å²) in [5, 5.41) is 21.7. The van der Waals surface area contributed by atoms with Crippen LogP contribution >= 0.6 is 0 Å². The Labute approximate surface area is 145 Å². The predicted octanol–water partition coefficient (Wildman–Crippen LogP) is 0.993. The molecule has 0 aliphatic carbocycles. The van der Waals surface area contributed by atoms with Crippen molar-refractivity contribution in [2.24, 2.45) is 7.05 Å². The van der Waals surface area contributed by atoms with Crippen molar-refractivity contribution in [3.63, 3.8) is 0 Å². The molecule has 0 spiro atoms. The summed E-state index contributed by atoms with van der Waals surface area (Å²) >= 11 is 0. The van der Waals surface area contributed by atoms with Crippen molar-refractivity contribution in [3.8, 4) is 11.4 Å². The van der Waals surface area contributed by atoms with Crippen molar-refractivity contribution in [1.82, 2.24) is 35.3 Å². The second kappa shape index (κ2) is 7.22. The Hall–Kier alpha value is -3.07. The van der Waals surface area contributed by atoms with E-state index in [-0.39, 0.29) is 5.91 Å². The predicted molar refractivity (Wildman–Crippen MR) is 92.6 cm³/mol. The maximum Gasteiger partial charge on any atom is 0.246 e. The average molecular weight is 340 g/mol. The number of nitrogens with zero attached hydrogens (tertiary/aromatic N) is 6. The third-order valence-corrected chi connectivity index (χ3v) is 3.83. The lowest BCUT2D eigenvalue weighted by molar-refractivity contribution is -0.118. The summed E-state index contributed by atoms with van der Waals surface area (Å²) in [5.74, 6) is 0.499. The van der Waals surface area contributed by atoms with Crippen molar-refractivity contribution in [1.29, 1.82) is 0 Å². The van der Waals surface area contributed by atoms with Gasteiger partial charge in [0.25, 0.3) is 0 Å². The summed E-state index contributed by atoms with van der Waals surface area (Å²) in [5.41, 5.74) is 2.32. The fourth-order valence-corrected chi connectivity index (χ4v) is 2.61. The molecule has 0 bridgehead atoms. The fraction of sp³-hybridized carbons (Fsp3) is 0.312. The van der Waals surface area contributed by atoms with Crippen LogP contribution in [0.3, 0.4) is 0 Å². The molecule has 0 saturated carbocycles. The second-order valence-corrected chi connectivity index (χ2v) is 5.56. The smallest absolute Gasteiger partial charge is 0.246 e. The van der Waals surface area contributed by atoms with Gasteiger partial charge in [-0.2, -0.15) is 5.10 Å². The van der Waals surface area contributed by atoms with E-state index in [1.54, 1.807) is 22.6 Å². The highest BCUT2D eigenvalue weighted by atomic mass is 16.2. The number of carbonyl (C=O) groups is 1. The van der Waals surface area contributed by atoms with Crippen LogP contribution in [0, 0.1) is 0 Å². The summed E-state index contributed by atoms with van der Waals surface area (Å²) in [4.78, 5) is 12.6. The van der Waals surface area contributed by atoms with Gasteiger partial charge in [-0.15, -0.1) is 5.10 Å². The summed E-state index contributed by atoms with van der Waals surface area (Å²) in [6.07, 6.45) is 3.49. The number of anilines is 1. The molecule has 2 N–H and O–H groups in total. The van der Waals surface area contributed by atoms with E-state index in [1.165, 1.54) is 0 Å². The second-order valence-electron chi connectivity index (χ2n) is 5.56. The highest BCUT2D eigenvalue weighted by Crippen LogP contribution is 2.21. The highest BCUT2D eigenvalue weighted by molar-refractivity contribution is 5.95. The number of rotatable bonds is 6. The van der Waals surface area contributed by atoms with Gasteiger partial charge < -0.3 is 10.6 Å². The van der Waals surface area contributed by atoms with Crippen LogP contribution in [0.1, 0.15) is 18.5 Å². The number of hydrogen-bond donors (Lipinski definition) is 2. The number of nitrogens with one attached hydrogen (secondary N) is 2. The number of likely N-dealkylation sites (N-methyl/N-ethyl adjacent to an activating group) is 1. The summed E-state index contributed by atoms with van der Waals surface area (Å²) in [6, 6.07) is 6.96. The molecule has 0 saturated heterocycles. The average Bonchev–Trinajstić information content (AvgIpc) is 3.24. The summed E-state index contributed by atoms with van der Waals surface area (Å²) in [7, 11) is 3.55. The number of carbonyl (C=O) groups excluding carboxylic acids is 1. The molecule has 1 amide bonds. The molecule has 3 aromatic rings. The van der Waals surface area contributed by atoms with E-state index in [1.807, 2.05) is 44.4 Å². The third kappa shape index (κ3) is 3.56. The van der Waals surface area contributed by atoms with Crippen LogP contribution in [0.4, 0.5) is 5.69 Å². The SMILES string of the molecule is CCn1nnnc1-c1cccc(NC(=O)C(NC)c2cnn(C)c2)c1. The van der Waals surface area contributed by atoms with Crippen LogP contribution in [-0.4, -0.2) is 42.9 Å². The molecule has 9 heteroatoms. The fourth-order valence-electron chi connectivity index (χ4n) is 2.61. The maximum absolute atomic E-state index is 12.6. The van der Waals surface area contributed by atoms with Crippen molar-refractivity contribution in [2.45, 2.75) is 19.5 Å². The molecular formula is C16H20N8O. The van der Waals surface area contributed by atoms with Gasteiger partial charge in [-0.25, -0.2) is 4.68 Å². The molecular weight excluding hydrogens is 320 g/mol. The molecule has 0 aliphatic heterocycles. The van der Waals surface area contributed by atoms with Crippen LogP contribution < -0.4 is 10.6 Å². The highest BCUT2D eigenvalue weighted by Gasteiger charge is 2.20. The van der Waals surface area contributed by atoms with E-state index in [0.29, 0.717) is 18.1 Å². The lowest BCUT2D eigenvalue weighted by Crippen LogP contribution is -2.30. The largest absolute Gasteiger partial charge is 0.324 e. The monoisotopic (exact) mass is 340 g/mol. The Balaban J connectivity index is 1.81. The molecule has 0 aliphatic rings. The lowest BCUT2D eigenvalue weighted by Gasteiger charge is -2.15. The molecule has 0 radical (unpaired) electrons. The van der Waals surface area contributed by atoms with Gasteiger partial charge in [-0.3, -0.25) is 9.48 Å². The summed E-state index contributed by atoms with van der Waals surface area (Å²) < 4.78 is 3.37. The number of benzene rings is 1. The Morgan fingerprint density at radius 1 is 1.36 bits per heavy atom. The van der Waals surface area contributed by atoms with Crippen LogP contribution in [0.5, 0.6) is 0 Å². The molecule has 1 unspecified atom stereocenters. The zero-order chi connectivity index (χ0) is 17.8. The molecule has 25 heavy (non-hydrogen) atoms. The first-order valence-corrected chi connectivity index (χ1v) is 7.95. The number of amides is 1. The van der Waals surface area contributed by atoms with E-state index in [9.17, 15) is 4.79 Å². The first-order chi connectivity index (χ1) is 12.1. The van der Waals surface area contributed by atoms with Crippen molar-refractivity contribution < 1.29 is 4.79 Å². The Morgan fingerprint density at radius 2 is 2.20 bits per heavy atom. The Kier molecular flexibility index (Phi) is 4.85. The zero-order valence-corrected chi connectivity index (χ0v) is 14.3. The number of aromatic nitrogens is 6. The number of tetrazole rings is 1. The minimum Gasteiger partial charge on any atom is -0.324 e. The van der Waals surface area contributed by atoms with Gasteiger partial charge in [0, 0.05) is 36.6 Å². The molecule has 130 valence electrons. The number of aryl methyl sites for hydroxylation is 2. The Morgan fingerprint density at radius 3 is 2.88 bits per heavy atom. The zero-order valence-electron chi connectivity index (χ0n) is 14.3. The quantitative estimate of drug-likeness (QED) is 0.694. The van der Waals surface area contributed by atoms with E-state index < -0.39 is 6.04 Å². The normalized spacial score (nSPS) is 12.1. The van der Waals surface area contributed by atoms with Gasteiger partial charge in [-0.1, -0.05) is 12.1 Å². The first-order valence-electron chi connectivity index (χ1n) is 7.95. The van der Waals surface area contributed by atoms with Crippen LogP contribution in [0.15, 0.2) is 36.7 Å². The molecule has 3 rings (SSSR count). The third-order valence-electron chi connectivity index (χ3n) is 3.83. The van der Waals surface area contributed by atoms with Crippen LogP contribution in [-0.2, 0) is 18.4 Å².